The molecule has 0 aromatic heterocycles. The lowest BCUT2D eigenvalue weighted by molar-refractivity contribution is -0.164. The molecule has 0 heterocycles. The average Bonchev–Trinajstić information content (AvgIpc) is 2.70. The van der Waals surface area contributed by atoms with Crippen LogP contribution >= 0.6 is 27.5 Å². The fourth-order valence-corrected chi connectivity index (χ4v) is 3.56. The molecule has 0 bridgehead atoms. The number of ether oxygens (including phenoxy) is 2. The number of esters is 2. The first-order valence-electron chi connectivity index (χ1n) is 9.72. The second-order valence-corrected chi connectivity index (χ2v) is 8.06. The molecule has 0 saturated heterocycles. The molecule has 0 saturated carbocycles. The highest BCUT2D eigenvalue weighted by Crippen LogP contribution is 2.27. The molecule has 160 valence electrons. The fourth-order valence-electron chi connectivity index (χ4n) is 3.17. The Morgan fingerprint density at radius 2 is 1.43 bits per heavy atom. The summed E-state index contributed by atoms with van der Waals surface area (Å²) < 4.78 is 11.1. The average molecular weight is 496 g/mol. The van der Waals surface area contributed by atoms with Gasteiger partial charge in [-0.2, -0.15) is 0 Å². The van der Waals surface area contributed by atoms with Gasteiger partial charge in [0.1, 0.15) is 0 Å². The van der Waals surface area contributed by atoms with Gasteiger partial charge in [-0.1, -0.05) is 51.8 Å². The maximum absolute atomic E-state index is 12.9. The minimum atomic E-state index is -1.19. The summed E-state index contributed by atoms with van der Waals surface area (Å²) in [5.41, 5.74) is 1.36. The van der Waals surface area contributed by atoms with Crippen LogP contribution in [0.4, 0.5) is 0 Å². The summed E-state index contributed by atoms with van der Waals surface area (Å²) in [4.78, 5) is 38.2. The molecule has 0 fully saturated rings. The number of hydrogen-bond acceptors (Lipinski definition) is 5. The smallest absolute Gasteiger partial charge is 0.320 e. The number of ketones is 1. The van der Waals surface area contributed by atoms with Gasteiger partial charge in [0.25, 0.3) is 0 Å². The minimum absolute atomic E-state index is 0.00739. The van der Waals surface area contributed by atoms with E-state index in [1.807, 2.05) is 12.1 Å². The van der Waals surface area contributed by atoms with E-state index < -0.39 is 23.8 Å². The van der Waals surface area contributed by atoms with Crippen LogP contribution in [0.15, 0.2) is 53.0 Å². The van der Waals surface area contributed by atoms with E-state index in [-0.39, 0.29) is 25.4 Å². The normalized spacial score (nSPS) is 11.8. The first-order chi connectivity index (χ1) is 14.3. The number of halogens is 2. The molecule has 0 spiro atoms. The predicted molar refractivity (Wildman–Crippen MR) is 118 cm³/mol. The summed E-state index contributed by atoms with van der Waals surface area (Å²) in [7, 11) is 0. The van der Waals surface area contributed by atoms with Crippen LogP contribution in [-0.4, -0.2) is 30.9 Å². The van der Waals surface area contributed by atoms with Crippen LogP contribution in [-0.2, 0) is 25.5 Å². The van der Waals surface area contributed by atoms with E-state index in [1.165, 1.54) is 0 Å². The number of rotatable bonds is 10. The van der Waals surface area contributed by atoms with Gasteiger partial charge in [0.15, 0.2) is 11.7 Å². The Labute approximate surface area is 189 Å². The van der Waals surface area contributed by atoms with Crippen molar-refractivity contribution in [3.63, 3.8) is 0 Å². The monoisotopic (exact) mass is 494 g/mol. The summed E-state index contributed by atoms with van der Waals surface area (Å²) in [5, 5.41) is 0.577. The summed E-state index contributed by atoms with van der Waals surface area (Å²) in [6, 6.07) is 14.0. The van der Waals surface area contributed by atoms with Crippen molar-refractivity contribution >= 4 is 45.3 Å². The zero-order valence-electron chi connectivity index (χ0n) is 16.9. The van der Waals surface area contributed by atoms with E-state index in [4.69, 9.17) is 21.1 Å². The molecule has 0 radical (unpaired) electrons. The van der Waals surface area contributed by atoms with Crippen molar-refractivity contribution < 1.29 is 23.9 Å². The van der Waals surface area contributed by atoms with Gasteiger partial charge in [0.05, 0.1) is 13.2 Å². The van der Waals surface area contributed by atoms with E-state index in [0.29, 0.717) is 17.0 Å². The zero-order valence-corrected chi connectivity index (χ0v) is 19.2. The molecule has 2 rings (SSSR count). The fraction of sp³-hybridized carbons (Fsp3) is 0.348. The number of Topliss-reactive ketones (excluding diaryl/α,β-unsaturated/α-hetero) is 1. The van der Waals surface area contributed by atoms with Gasteiger partial charge in [0.2, 0.25) is 0 Å². The summed E-state index contributed by atoms with van der Waals surface area (Å²) >= 11 is 9.31. The van der Waals surface area contributed by atoms with Gasteiger partial charge >= 0.3 is 11.9 Å². The Hall–Kier alpha value is -2.18. The number of benzene rings is 2. The first kappa shape index (κ1) is 24.1. The Balaban J connectivity index is 2.36. The Morgan fingerprint density at radius 3 is 1.93 bits per heavy atom. The number of hydrogen-bond donors (Lipinski definition) is 0. The van der Waals surface area contributed by atoms with E-state index in [1.54, 1.807) is 50.2 Å². The van der Waals surface area contributed by atoms with Crippen molar-refractivity contribution in [2.45, 2.75) is 26.7 Å². The van der Waals surface area contributed by atoms with Crippen molar-refractivity contribution in [3.05, 3.63) is 69.2 Å². The van der Waals surface area contributed by atoms with Crippen LogP contribution in [0.3, 0.4) is 0 Å². The molecule has 2 aromatic rings. The molecular weight excluding hydrogens is 472 g/mol. The first-order valence-corrected chi connectivity index (χ1v) is 10.9. The van der Waals surface area contributed by atoms with Gasteiger partial charge in [-0.15, -0.1) is 0 Å². The molecule has 0 N–H and O–H groups in total. The molecule has 0 unspecified atom stereocenters. The predicted octanol–water partition coefficient (Wildman–Crippen LogP) is 5.28. The highest BCUT2D eigenvalue weighted by atomic mass is 79.9. The zero-order chi connectivity index (χ0) is 22.1. The number of carbonyl (C=O) groups excluding carboxylic acids is 3. The van der Waals surface area contributed by atoms with E-state index >= 15 is 0 Å². The number of carbonyl (C=O) groups is 3. The van der Waals surface area contributed by atoms with E-state index in [9.17, 15) is 14.4 Å². The van der Waals surface area contributed by atoms with Crippen LogP contribution in [0.25, 0.3) is 0 Å². The van der Waals surface area contributed by atoms with Crippen LogP contribution in [0, 0.1) is 11.8 Å². The largest absolute Gasteiger partial charge is 0.465 e. The summed E-state index contributed by atoms with van der Waals surface area (Å²) in [5.74, 6) is -3.35. The van der Waals surface area contributed by atoms with Crippen LogP contribution in [0.2, 0.25) is 5.02 Å². The van der Waals surface area contributed by atoms with Gasteiger partial charge in [-0.25, -0.2) is 0 Å². The minimum Gasteiger partial charge on any atom is -0.465 e. The second kappa shape index (κ2) is 11.9. The molecule has 5 nitrogen and oxygen atoms in total. The molecule has 7 heteroatoms. The SMILES string of the molecule is CCOC(=O)C(C(=O)OCC)[C@@H](CC(=O)c1ccc(Br)cc1)Cc1ccc(Cl)cc1. The van der Waals surface area contributed by atoms with Gasteiger partial charge in [0, 0.05) is 21.5 Å². The van der Waals surface area contributed by atoms with E-state index in [0.717, 1.165) is 10.0 Å². The Bertz CT molecular complexity index is 846. The van der Waals surface area contributed by atoms with Crippen LogP contribution in [0.1, 0.15) is 36.2 Å². The van der Waals surface area contributed by atoms with Crippen molar-refractivity contribution in [3.8, 4) is 0 Å². The molecular formula is C23H24BrClO5. The van der Waals surface area contributed by atoms with Crippen molar-refractivity contribution in [1.29, 1.82) is 0 Å². The van der Waals surface area contributed by atoms with Gasteiger partial charge in [-0.3, -0.25) is 14.4 Å². The maximum Gasteiger partial charge on any atom is 0.320 e. The van der Waals surface area contributed by atoms with Crippen molar-refractivity contribution in [1.82, 2.24) is 0 Å². The highest BCUT2D eigenvalue weighted by molar-refractivity contribution is 9.10. The highest BCUT2D eigenvalue weighted by Gasteiger charge is 2.38. The molecule has 0 aliphatic carbocycles. The standard InChI is InChI=1S/C23H24BrClO5/c1-3-29-22(27)21(23(28)30-4-2)17(13-15-5-11-19(25)12-6-15)14-20(26)16-7-9-18(24)10-8-16/h5-12,17,21H,3-4,13-14H2,1-2H3/t17-/m1/s1. The molecule has 0 aliphatic heterocycles. The maximum atomic E-state index is 12.9. The lowest BCUT2D eigenvalue weighted by Gasteiger charge is -2.24. The quantitative estimate of drug-likeness (QED) is 0.255. The lowest BCUT2D eigenvalue weighted by atomic mass is 9.82. The third-order valence-corrected chi connectivity index (χ3v) is 5.36. The Kier molecular flexibility index (Phi) is 9.53. The third kappa shape index (κ3) is 6.96. The molecule has 2 aromatic carbocycles. The summed E-state index contributed by atoms with van der Waals surface area (Å²) in [6.45, 7) is 3.59. The van der Waals surface area contributed by atoms with Crippen LogP contribution in [0.5, 0.6) is 0 Å². The van der Waals surface area contributed by atoms with Crippen molar-refractivity contribution in [2.75, 3.05) is 13.2 Å². The summed E-state index contributed by atoms with van der Waals surface area (Å²) in [6.07, 6.45) is 0.314. The molecule has 30 heavy (non-hydrogen) atoms. The van der Waals surface area contributed by atoms with Gasteiger partial charge < -0.3 is 9.47 Å². The van der Waals surface area contributed by atoms with Gasteiger partial charge in [-0.05, 0) is 56.0 Å². The molecule has 0 amide bonds. The second-order valence-electron chi connectivity index (χ2n) is 6.71. The lowest BCUT2D eigenvalue weighted by Crippen LogP contribution is -2.36. The molecule has 1 atom stereocenters. The third-order valence-electron chi connectivity index (χ3n) is 4.58. The van der Waals surface area contributed by atoms with Crippen LogP contribution < -0.4 is 0 Å². The Morgan fingerprint density at radius 1 is 0.900 bits per heavy atom. The van der Waals surface area contributed by atoms with E-state index in [2.05, 4.69) is 15.9 Å². The topological polar surface area (TPSA) is 69.7 Å². The molecule has 0 aliphatic rings. The van der Waals surface area contributed by atoms with Crippen molar-refractivity contribution in [2.24, 2.45) is 11.8 Å².